The molecule has 166 valence electrons. The number of benzene rings is 3. The molecule has 0 aliphatic rings. The average molecular weight is 441 g/mol. The van der Waals surface area contributed by atoms with Crippen LogP contribution in [0.25, 0.3) is 11.1 Å². The maximum absolute atomic E-state index is 15.2. The van der Waals surface area contributed by atoms with Crippen LogP contribution >= 0.6 is 0 Å². The summed E-state index contributed by atoms with van der Waals surface area (Å²) in [6, 6.07) is 11.3. The molecular weight excluding hydrogens is 418 g/mol. The monoisotopic (exact) mass is 441 g/mol. The highest BCUT2D eigenvalue weighted by Gasteiger charge is 2.20. The first-order chi connectivity index (χ1) is 15.3. The van der Waals surface area contributed by atoms with Gasteiger partial charge in [0.1, 0.15) is 40.7 Å². The van der Waals surface area contributed by atoms with Crippen molar-refractivity contribution in [3.63, 3.8) is 0 Å². The fourth-order valence-electron chi connectivity index (χ4n) is 3.71. The van der Waals surface area contributed by atoms with E-state index in [1.165, 1.54) is 6.07 Å². The van der Waals surface area contributed by atoms with Crippen molar-refractivity contribution in [1.29, 1.82) is 5.26 Å². The summed E-state index contributed by atoms with van der Waals surface area (Å²) in [4.78, 5) is 0. The first-order valence-electron chi connectivity index (χ1n) is 10.5. The summed E-state index contributed by atoms with van der Waals surface area (Å²) in [5.74, 6) is -4.40. The van der Waals surface area contributed by atoms with Crippen LogP contribution < -0.4 is 0 Å². The van der Waals surface area contributed by atoms with E-state index in [1.54, 1.807) is 12.1 Å². The molecule has 0 saturated heterocycles. The van der Waals surface area contributed by atoms with E-state index in [0.29, 0.717) is 5.56 Å². The van der Waals surface area contributed by atoms with Gasteiger partial charge in [-0.1, -0.05) is 44.0 Å². The summed E-state index contributed by atoms with van der Waals surface area (Å²) < 4.78 is 57.3. The molecule has 2 nitrogen and oxygen atoms in total. The van der Waals surface area contributed by atoms with Gasteiger partial charge in [-0.2, -0.15) is 5.26 Å². The summed E-state index contributed by atoms with van der Waals surface area (Å²) in [7, 11) is 0. The van der Waals surface area contributed by atoms with Gasteiger partial charge in [-0.25, -0.2) is 17.6 Å². The smallest absolute Gasteiger partial charge is 0.144 e. The van der Waals surface area contributed by atoms with E-state index in [-0.39, 0.29) is 29.5 Å². The summed E-state index contributed by atoms with van der Waals surface area (Å²) >= 11 is 0. The van der Waals surface area contributed by atoms with Gasteiger partial charge in [0.25, 0.3) is 0 Å². The Morgan fingerprint density at radius 2 is 1.47 bits per heavy atom. The maximum Gasteiger partial charge on any atom is 0.144 e. The number of unbranched alkanes of at least 4 members (excludes halogenated alkanes) is 2. The fraction of sp³-hybridized carbons (Fsp3) is 0.269. The van der Waals surface area contributed by atoms with E-state index >= 15 is 4.39 Å². The second-order valence-corrected chi connectivity index (χ2v) is 7.75. The number of hydrogen-bond donors (Lipinski definition) is 1. The molecule has 3 aromatic carbocycles. The van der Waals surface area contributed by atoms with Crippen LogP contribution in [0, 0.1) is 34.6 Å². The Labute approximate surface area is 184 Å². The Kier molecular flexibility index (Phi) is 7.53. The molecule has 0 aliphatic heterocycles. The number of phenols is 1. The molecule has 0 amide bonds. The Hall–Kier alpha value is -3.33. The number of nitriles is 1. The van der Waals surface area contributed by atoms with Crippen molar-refractivity contribution in [3.8, 4) is 22.9 Å². The lowest BCUT2D eigenvalue weighted by Crippen LogP contribution is -2.03. The lowest BCUT2D eigenvalue weighted by Gasteiger charge is -2.13. The highest BCUT2D eigenvalue weighted by molar-refractivity contribution is 5.72. The van der Waals surface area contributed by atoms with Crippen molar-refractivity contribution in [1.82, 2.24) is 0 Å². The van der Waals surface area contributed by atoms with Gasteiger partial charge in [-0.3, -0.25) is 0 Å². The molecule has 0 heterocycles. The van der Waals surface area contributed by atoms with Crippen molar-refractivity contribution < 1.29 is 22.7 Å². The molecule has 6 heteroatoms. The molecule has 0 radical (unpaired) electrons. The molecule has 0 fully saturated rings. The molecule has 0 spiro atoms. The van der Waals surface area contributed by atoms with Gasteiger partial charge in [0.2, 0.25) is 0 Å². The summed E-state index contributed by atoms with van der Waals surface area (Å²) in [6.07, 6.45) is 3.95. The molecule has 0 saturated carbocycles. The second kappa shape index (κ2) is 10.3. The largest absolute Gasteiger partial charge is 0.507 e. The number of rotatable bonds is 8. The SMILES string of the molecule is CCCCCc1ccc(-c2c(O)cc(F)c(CCc3cc(F)c(C#N)c(F)c3)c2F)cc1. The molecule has 0 unspecified atom stereocenters. The Bertz CT molecular complexity index is 1130. The van der Waals surface area contributed by atoms with E-state index in [0.717, 1.165) is 49.4 Å². The van der Waals surface area contributed by atoms with Gasteiger partial charge in [0.05, 0.1) is 5.56 Å². The second-order valence-electron chi connectivity index (χ2n) is 7.75. The minimum absolute atomic E-state index is 0.0476. The van der Waals surface area contributed by atoms with Gasteiger partial charge in [-0.15, -0.1) is 0 Å². The lowest BCUT2D eigenvalue weighted by molar-refractivity contribution is 0.459. The van der Waals surface area contributed by atoms with E-state index in [2.05, 4.69) is 6.92 Å². The average Bonchev–Trinajstić information content (AvgIpc) is 2.74. The predicted octanol–water partition coefficient (Wildman–Crippen LogP) is 7.01. The van der Waals surface area contributed by atoms with Crippen LogP contribution in [0.4, 0.5) is 17.6 Å². The molecule has 3 rings (SSSR count). The lowest BCUT2D eigenvalue weighted by atomic mass is 9.95. The van der Waals surface area contributed by atoms with Crippen molar-refractivity contribution in [2.75, 3.05) is 0 Å². The quantitative estimate of drug-likeness (QED) is 0.302. The third-order valence-corrected chi connectivity index (χ3v) is 5.48. The molecule has 0 aromatic heterocycles. The highest BCUT2D eigenvalue weighted by Crippen LogP contribution is 2.36. The number of halogens is 4. The van der Waals surface area contributed by atoms with Crippen LogP contribution in [-0.2, 0) is 19.3 Å². The van der Waals surface area contributed by atoms with E-state index in [4.69, 9.17) is 5.26 Å². The molecule has 3 aromatic rings. The molecule has 32 heavy (non-hydrogen) atoms. The fourth-order valence-corrected chi connectivity index (χ4v) is 3.71. The Morgan fingerprint density at radius 1 is 0.812 bits per heavy atom. The van der Waals surface area contributed by atoms with Crippen molar-refractivity contribution >= 4 is 0 Å². The zero-order valence-electron chi connectivity index (χ0n) is 17.7. The molecule has 1 N–H and O–H groups in total. The van der Waals surface area contributed by atoms with Crippen LogP contribution in [0.2, 0.25) is 0 Å². The van der Waals surface area contributed by atoms with E-state index in [9.17, 15) is 18.3 Å². The normalized spacial score (nSPS) is 10.9. The molecule has 0 aliphatic carbocycles. The van der Waals surface area contributed by atoms with Gasteiger partial charge >= 0.3 is 0 Å². The van der Waals surface area contributed by atoms with Crippen molar-refractivity contribution in [3.05, 3.63) is 88.0 Å². The van der Waals surface area contributed by atoms with Gasteiger partial charge in [0, 0.05) is 11.6 Å². The minimum atomic E-state index is -1.02. The number of nitrogens with zero attached hydrogens (tertiary/aromatic N) is 1. The maximum atomic E-state index is 15.2. The standard InChI is InChI=1S/C26H23F4NO/c1-2-3-4-5-16-6-9-18(10-7-16)25-24(32)14-23(29)19(26(25)30)11-8-17-12-21(27)20(15-31)22(28)13-17/h6-7,9-10,12-14,32H,2-5,8,11H2,1H3. The van der Waals surface area contributed by atoms with Gasteiger partial charge < -0.3 is 5.11 Å². The van der Waals surface area contributed by atoms with Gasteiger partial charge in [-0.05, 0) is 54.5 Å². The van der Waals surface area contributed by atoms with Crippen molar-refractivity contribution in [2.24, 2.45) is 0 Å². The third-order valence-electron chi connectivity index (χ3n) is 5.48. The van der Waals surface area contributed by atoms with Crippen LogP contribution in [0.3, 0.4) is 0 Å². The highest BCUT2D eigenvalue weighted by atomic mass is 19.1. The molecule has 0 bridgehead atoms. The first kappa shape index (κ1) is 23.3. The van der Waals surface area contributed by atoms with Crippen LogP contribution in [0.1, 0.15) is 48.4 Å². The number of phenolic OH excluding ortho intramolecular Hbond substituents is 1. The molecular formula is C26H23F4NO. The predicted molar refractivity (Wildman–Crippen MR) is 115 cm³/mol. The minimum Gasteiger partial charge on any atom is -0.507 e. The summed E-state index contributed by atoms with van der Waals surface area (Å²) in [5, 5.41) is 19.0. The Morgan fingerprint density at radius 3 is 2.06 bits per heavy atom. The zero-order valence-corrected chi connectivity index (χ0v) is 17.7. The first-order valence-corrected chi connectivity index (χ1v) is 10.5. The number of hydrogen-bond acceptors (Lipinski definition) is 2. The van der Waals surface area contributed by atoms with Crippen LogP contribution in [-0.4, -0.2) is 5.11 Å². The third kappa shape index (κ3) is 5.11. The van der Waals surface area contributed by atoms with Crippen LogP contribution in [0.15, 0.2) is 42.5 Å². The molecule has 0 atom stereocenters. The van der Waals surface area contributed by atoms with Crippen LogP contribution in [0.5, 0.6) is 5.75 Å². The number of aromatic hydroxyl groups is 1. The van der Waals surface area contributed by atoms with E-state index in [1.807, 2.05) is 12.1 Å². The summed E-state index contributed by atoms with van der Waals surface area (Å²) in [6.45, 7) is 2.12. The summed E-state index contributed by atoms with van der Waals surface area (Å²) in [5.41, 5.74) is 0.582. The topological polar surface area (TPSA) is 44.0 Å². The Balaban J connectivity index is 1.86. The van der Waals surface area contributed by atoms with Crippen molar-refractivity contribution in [2.45, 2.75) is 45.4 Å². The van der Waals surface area contributed by atoms with Gasteiger partial charge in [0.15, 0.2) is 0 Å². The van der Waals surface area contributed by atoms with E-state index < -0.39 is 34.6 Å². The zero-order chi connectivity index (χ0) is 23.3. The number of aryl methyl sites for hydroxylation is 2.